The monoisotopic (exact) mass is 337 g/mol. The Morgan fingerprint density at radius 2 is 2.21 bits per heavy atom. The Morgan fingerprint density at radius 1 is 1.37 bits per heavy atom. The number of aromatic nitrogens is 3. The normalized spacial score (nSPS) is 10.8. The highest BCUT2D eigenvalue weighted by molar-refractivity contribution is 9.10. The van der Waals surface area contributed by atoms with Gasteiger partial charge in [-0.05, 0) is 34.1 Å². The molecule has 0 amide bonds. The fraction of sp³-hybridized carbons (Fsp3) is 0. The van der Waals surface area contributed by atoms with E-state index < -0.39 is 0 Å². The van der Waals surface area contributed by atoms with Gasteiger partial charge in [0, 0.05) is 22.6 Å². The number of hydrogen-bond acceptors (Lipinski definition) is 4. The van der Waals surface area contributed by atoms with Crippen molar-refractivity contribution in [2.45, 2.75) is 0 Å². The fourth-order valence-corrected chi connectivity index (χ4v) is 2.24. The number of imidazole rings is 1. The highest BCUT2D eigenvalue weighted by Gasteiger charge is 2.07. The third-order valence-corrected chi connectivity index (χ3v) is 3.79. The largest absolute Gasteiger partial charge is 0.382 e. The summed E-state index contributed by atoms with van der Waals surface area (Å²) in [6, 6.07) is 5.52. The van der Waals surface area contributed by atoms with Crippen LogP contribution in [0.5, 0.6) is 0 Å². The molecule has 0 unspecified atom stereocenters. The maximum atomic E-state index is 5.96. The zero-order chi connectivity index (χ0) is 13.4. The first-order valence-electron chi connectivity index (χ1n) is 5.45. The van der Waals surface area contributed by atoms with Crippen LogP contribution in [0.2, 0.25) is 5.02 Å². The van der Waals surface area contributed by atoms with Crippen LogP contribution in [0.3, 0.4) is 0 Å². The van der Waals surface area contributed by atoms with Crippen molar-refractivity contribution in [2.75, 3.05) is 11.1 Å². The van der Waals surface area contributed by atoms with Crippen molar-refractivity contribution in [1.29, 1.82) is 0 Å². The lowest BCUT2D eigenvalue weighted by atomic mass is 10.3. The van der Waals surface area contributed by atoms with Crippen molar-refractivity contribution >= 4 is 50.5 Å². The van der Waals surface area contributed by atoms with Gasteiger partial charge in [0.05, 0.1) is 11.2 Å². The van der Waals surface area contributed by atoms with Crippen molar-refractivity contribution in [3.05, 3.63) is 46.3 Å². The summed E-state index contributed by atoms with van der Waals surface area (Å²) in [4.78, 5) is 8.50. The lowest BCUT2D eigenvalue weighted by Gasteiger charge is -2.08. The zero-order valence-corrected chi connectivity index (χ0v) is 12.0. The van der Waals surface area contributed by atoms with Crippen LogP contribution in [0.1, 0.15) is 0 Å². The molecular formula is C12H9BrClN5. The minimum Gasteiger partial charge on any atom is -0.382 e. The number of anilines is 3. The molecule has 3 aromatic rings. The standard InChI is InChI=1S/C12H9BrClN5/c13-8-5-7(1-2-9(8)14)17-11-12-16-3-4-19(12)6-10(15)18-11/h1-6H,15H2,(H,17,18). The second-order valence-corrected chi connectivity index (χ2v) is 5.19. The highest BCUT2D eigenvalue weighted by Crippen LogP contribution is 2.28. The fourth-order valence-electron chi connectivity index (χ4n) is 1.75. The Balaban J connectivity index is 2.04. The quantitative estimate of drug-likeness (QED) is 0.751. The summed E-state index contributed by atoms with van der Waals surface area (Å²) >= 11 is 9.34. The van der Waals surface area contributed by atoms with Gasteiger partial charge in [0.15, 0.2) is 11.5 Å². The van der Waals surface area contributed by atoms with Crippen LogP contribution in [-0.4, -0.2) is 14.4 Å². The van der Waals surface area contributed by atoms with E-state index in [1.807, 2.05) is 22.7 Å². The summed E-state index contributed by atoms with van der Waals surface area (Å²) in [6.45, 7) is 0. The lowest BCUT2D eigenvalue weighted by molar-refractivity contribution is 1.14. The van der Waals surface area contributed by atoms with Crippen LogP contribution in [0.25, 0.3) is 5.65 Å². The minimum atomic E-state index is 0.418. The molecule has 2 aromatic heterocycles. The number of benzene rings is 1. The molecule has 3 N–H and O–H groups in total. The number of nitrogens with two attached hydrogens (primary N) is 1. The highest BCUT2D eigenvalue weighted by atomic mass is 79.9. The molecule has 0 aliphatic rings. The Morgan fingerprint density at radius 3 is 3.00 bits per heavy atom. The number of rotatable bonds is 2. The Kier molecular flexibility index (Phi) is 3.04. The average Bonchev–Trinajstić information content (AvgIpc) is 2.82. The molecule has 0 saturated heterocycles. The maximum Gasteiger partial charge on any atom is 0.180 e. The molecule has 0 radical (unpaired) electrons. The second-order valence-electron chi connectivity index (χ2n) is 3.93. The van der Waals surface area contributed by atoms with E-state index in [1.54, 1.807) is 18.5 Å². The summed E-state index contributed by atoms with van der Waals surface area (Å²) in [6.07, 6.45) is 5.22. The van der Waals surface area contributed by atoms with Crippen molar-refractivity contribution in [3.63, 3.8) is 0 Å². The molecule has 0 saturated carbocycles. The molecule has 5 nitrogen and oxygen atoms in total. The molecular weight excluding hydrogens is 330 g/mol. The molecule has 0 atom stereocenters. The van der Waals surface area contributed by atoms with Gasteiger partial charge in [-0.15, -0.1) is 0 Å². The number of nitrogens with one attached hydrogen (secondary N) is 1. The summed E-state index contributed by atoms with van der Waals surface area (Å²) in [5.74, 6) is 1.01. The predicted molar refractivity (Wildman–Crippen MR) is 79.8 cm³/mol. The van der Waals surface area contributed by atoms with Crippen LogP contribution >= 0.6 is 27.5 Å². The van der Waals surface area contributed by atoms with Crippen LogP contribution in [-0.2, 0) is 0 Å². The van der Waals surface area contributed by atoms with E-state index in [2.05, 4.69) is 31.2 Å². The van der Waals surface area contributed by atoms with Crippen LogP contribution in [0.15, 0.2) is 41.3 Å². The molecule has 7 heteroatoms. The number of halogens is 2. The SMILES string of the molecule is Nc1cn2ccnc2c(Nc2ccc(Cl)c(Br)c2)n1. The van der Waals surface area contributed by atoms with E-state index in [1.165, 1.54) is 0 Å². The Bertz CT molecular complexity index is 755. The average molecular weight is 339 g/mol. The van der Waals surface area contributed by atoms with Crippen molar-refractivity contribution in [1.82, 2.24) is 14.4 Å². The van der Waals surface area contributed by atoms with E-state index in [0.717, 1.165) is 10.2 Å². The van der Waals surface area contributed by atoms with E-state index in [4.69, 9.17) is 17.3 Å². The minimum absolute atomic E-state index is 0.418. The third kappa shape index (κ3) is 2.36. The van der Waals surface area contributed by atoms with Crippen molar-refractivity contribution in [3.8, 4) is 0 Å². The summed E-state index contributed by atoms with van der Waals surface area (Å²) in [7, 11) is 0. The van der Waals surface area contributed by atoms with Gasteiger partial charge in [0.25, 0.3) is 0 Å². The van der Waals surface area contributed by atoms with E-state index in [9.17, 15) is 0 Å². The van der Waals surface area contributed by atoms with Gasteiger partial charge in [0.2, 0.25) is 0 Å². The smallest absolute Gasteiger partial charge is 0.180 e. The molecule has 2 heterocycles. The van der Waals surface area contributed by atoms with E-state index >= 15 is 0 Å². The molecule has 1 aromatic carbocycles. The molecule has 0 fully saturated rings. The molecule has 0 aliphatic carbocycles. The zero-order valence-electron chi connectivity index (χ0n) is 9.64. The van der Waals surface area contributed by atoms with Gasteiger partial charge in [-0.1, -0.05) is 11.6 Å². The summed E-state index contributed by atoms with van der Waals surface area (Å²) in [5, 5.41) is 3.83. The van der Waals surface area contributed by atoms with Crippen molar-refractivity contribution < 1.29 is 0 Å². The van der Waals surface area contributed by atoms with Crippen LogP contribution < -0.4 is 11.1 Å². The molecule has 96 valence electrons. The van der Waals surface area contributed by atoms with Crippen molar-refractivity contribution in [2.24, 2.45) is 0 Å². The molecule has 0 spiro atoms. The predicted octanol–water partition coefficient (Wildman–Crippen LogP) is 3.47. The molecule has 0 aliphatic heterocycles. The topological polar surface area (TPSA) is 68.2 Å². The van der Waals surface area contributed by atoms with Gasteiger partial charge in [0.1, 0.15) is 5.82 Å². The van der Waals surface area contributed by atoms with Gasteiger partial charge in [-0.3, -0.25) is 0 Å². The first-order chi connectivity index (χ1) is 9.13. The van der Waals surface area contributed by atoms with Crippen LogP contribution in [0, 0.1) is 0 Å². The summed E-state index contributed by atoms with van der Waals surface area (Å²) < 4.78 is 2.62. The van der Waals surface area contributed by atoms with Crippen LogP contribution in [0.4, 0.5) is 17.3 Å². The lowest BCUT2D eigenvalue weighted by Crippen LogP contribution is -2.01. The number of fused-ring (bicyclic) bond motifs is 1. The molecule has 19 heavy (non-hydrogen) atoms. The number of hydrogen-bond donors (Lipinski definition) is 2. The Hall–Kier alpha value is -1.79. The molecule has 3 rings (SSSR count). The number of nitrogens with zero attached hydrogens (tertiary/aromatic N) is 3. The first-order valence-corrected chi connectivity index (χ1v) is 6.62. The second kappa shape index (κ2) is 4.71. The van der Waals surface area contributed by atoms with E-state index in [0.29, 0.717) is 22.3 Å². The Labute approximate surface area is 122 Å². The van der Waals surface area contributed by atoms with Gasteiger partial charge < -0.3 is 15.5 Å². The van der Waals surface area contributed by atoms with Gasteiger partial charge in [-0.25, -0.2) is 9.97 Å². The van der Waals surface area contributed by atoms with E-state index in [-0.39, 0.29) is 0 Å². The summed E-state index contributed by atoms with van der Waals surface area (Å²) in [5.41, 5.74) is 7.32. The maximum absolute atomic E-state index is 5.96. The van der Waals surface area contributed by atoms with Gasteiger partial charge >= 0.3 is 0 Å². The number of nitrogen functional groups attached to an aromatic ring is 1. The third-order valence-electron chi connectivity index (χ3n) is 2.58. The van der Waals surface area contributed by atoms with Gasteiger partial charge in [-0.2, -0.15) is 0 Å². The molecule has 0 bridgehead atoms. The first kappa shape index (κ1) is 12.3.